The molecule has 5 heterocycles. The number of benzene rings is 1. The molecule has 3 N–H and O–H groups in total. The number of aromatic amines is 1. The van der Waals surface area contributed by atoms with E-state index in [1.54, 1.807) is 6.20 Å². The molecule has 38 heavy (non-hydrogen) atoms. The van der Waals surface area contributed by atoms with Crippen molar-refractivity contribution in [2.24, 2.45) is 11.7 Å². The fraction of sp³-hybridized carbons (Fsp3) is 0.448. The summed E-state index contributed by atoms with van der Waals surface area (Å²) in [6, 6.07) is 6.95. The Morgan fingerprint density at radius 3 is 2.63 bits per heavy atom. The van der Waals surface area contributed by atoms with Crippen molar-refractivity contribution >= 4 is 39.1 Å². The van der Waals surface area contributed by atoms with Crippen LogP contribution in [0.15, 0.2) is 39.8 Å². The molecule has 0 spiro atoms. The first-order chi connectivity index (χ1) is 18.6. The lowest BCUT2D eigenvalue weighted by Gasteiger charge is -2.15. The Bertz CT molecular complexity index is 1640. The maximum absolute atomic E-state index is 13.7. The van der Waals surface area contributed by atoms with Gasteiger partial charge in [0.15, 0.2) is 16.7 Å². The highest BCUT2D eigenvalue weighted by molar-refractivity contribution is 6.04. The first-order valence-corrected chi connectivity index (χ1v) is 13.8. The predicted octanol–water partition coefficient (Wildman–Crippen LogP) is 5.56. The fourth-order valence-corrected chi connectivity index (χ4v) is 5.36. The highest BCUT2D eigenvalue weighted by Gasteiger charge is 2.32. The Morgan fingerprint density at radius 1 is 1.13 bits per heavy atom. The number of oxazole rings is 1. The summed E-state index contributed by atoms with van der Waals surface area (Å²) >= 11 is 0. The molecule has 1 aliphatic carbocycles. The first-order valence-electron chi connectivity index (χ1n) is 13.8. The molecule has 1 atom stereocenters. The lowest BCUT2D eigenvalue weighted by atomic mass is 9.97. The number of nitrogens with one attached hydrogen (secondary N) is 1. The highest BCUT2D eigenvalue weighted by Crippen LogP contribution is 2.41. The second-order valence-electron chi connectivity index (χ2n) is 9.58. The molecule has 7 rings (SSSR count). The number of H-pyrrole nitrogens is 1. The van der Waals surface area contributed by atoms with Crippen molar-refractivity contribution < 1.29 is 4.42 Å². The van der Waals surface area contributed by atoms with Crippen molar-refractivity contribution in [3.8, 4) is 11.1 Å². The quantitative estimate of drug-likeness (QED) is 0.321. The minimum atomic E-state index is -0.0711. The van der Waals surface area contributed by atoms with Gasteiger partial charge in [0, 0.05) is 41.7 Å². The molecular formula is C29H37N7O2. The van der Waals surface area contributed by atoms with Gasteiger partial charge in [0.25, 0.3) is 11.6 Å². The fourth-order valence-electron chi connectivity index (χ4n) is 5.36. The summed E-state index contributed by atoms with van der Waals surface area (Å²) in [5.41, 5.74) is 11.5. The standard InChI is InChI=1S/C25H25N7O2.2C2H6/c1-13-18(15-8-16-11-28-30-23(16)27-10-15)4-5-19-21(13)32(17-2-3-17)24(33)20-22(19)34-25(29-20)31-7-6-14(9-26)12-31;2*1-2/h4-5,8,10-11,14,17H,2-3,6-7,9,12,26H2,1H3,(H,27,28,30);2*1-2H3/t14-;;/m1../s1. The molecule has 1 aliphatic heterocycles. The molecule has 1 saturated heterocycles. The van der Waals surface area contributed by atoms with E-state index in [0.29, 0.717) is 29.6 Å². The van der Waals surface area contributed by atoms with Crippen LogP contribution in [0.1, 0.15) is 58.6 Å². The molecular weight excluding hydrogens is 478 g/mol. The third kappa shape index (κ3) is 4.24. The molecule has 0 amide bonds. The van der Waals surface area contributed by atoms with E-state index in [-0.39, 0.29) is 11.6 Å². The van der Waals surface area contributed by atoms with E-state index < -0.39 is 0 Å². The summed E-state index contributed by atoms with van der Waals surface area (Å²) in [4.78, 5) is 25.0. The van der Waals surface area contributed by atoms with Crippen LogP contribution in [0.5, 0.6) is 0 Å². The van der Waals surface area contributed by atoms with Gasteiger partial charge >= 0.3 is 0 Å². The zero-order chi connectivity index (χ0) is 27.0. The Balaban J connectivity index is 0.000000704. The number of nitrogens with zero attached hydrogens (tertiary/aromatic N) is 5. The zero-order valence-electron chi connectivity index (χ0n) is 22.9. The maximum Gasteiger partial charge on any atom is 0.298 e. The van der Waals surface area contributed by atoms with Crippen LogP contribution in [0.25, 0.3) is 44.2 Å². The molecule has 1 saturated carbocycles. The number of aryl methyl sites for hydroxylation is 1. The molecule has 2 aliphatic rings. The van der Waals surface area contributed by atoms with E-state index in [4.69, 9.17) is 10.2 Å². The minimum absolute atomic E-state index is 0.0711. The zero-order valence-corrected chi connectivity index (χ0v) is 22.9. The molecule has 0 unspecified atom stereocenters. The minimum Gasteiger partial charge on any atom is -0.422 e. The molecule has 2 fully saturated rings. The number of nitrogens with two attached hydrogens (primary N) is 1. The third-order valence-electron chi connectivity index (χ3n) is 7.36. The molecule has 4 aromatic heterocycles. The van der Waals surface area contributed by atoms with E-state index in [1.807, 2.05) is 38.5 Å². The van der Waals surface area contributed by atoms with Crippen molar-refractivity contribution in [2.75, 3.05) is 24.5 Å². The van der Waals surface area contributed by atoms with Crippen molar-refractivity contribution in [2.45, 2.75) is 59.9 Å². The number of aromatic nitrogens is 5. The Hall–Kier alpha value is -3.72. The van der Waals surface area contributed by atoms with Crippen LogP contribution in [0.2, 0.25) is 0 Å². The van der Waals surface area contributed by atoms with E-state index in [1.165, 1.54) is 0 Å². The number of hydrogen-bond acceptors (Lipinski definition) is 7. The van der Waals surface area contributed by atoms with Crippen LogP contribution in [0, 0.1) is 12.8 Å². The summed E-state index contributed by atoms with van der Waals surface area (Å²) in [5.74, 6) is 0.431. The van der Waals surface area contributed by atoms with Crippen LogP contribution in [0.4, 0.5) is 6.01 Å². The molecule has 0 bridgehead atoms. The van der Waals surface area contributed by atoms with E-state index in [0.717, 1.165) is 71.0 Å². The van der Waals surface area contributed by atoms with Crippen molar-refractivity contribution in [3.63, 3.8) is 0 Å². The average molecular weight is 516 g/mol. The number of pyridine rings is 2. The third-order valence-corrected chi connectivity index (χ3v) is 7.36. The van der Waals surface area contributed by atoms with Gasteiger partial charge in [-0.15, -0.1) is 0 Å². The Morgan fingerprint density at radius 2 is 1.92 bits per heavy atom. The highest BCUT2D eigenvalue weighted by atomic mass is 16.4. The number of fused-ring (bicyclic) bond motifs is 4. The van der Waals surface area contributed by atoms with Gasteiger partial charge in [-0.3, -0.25) is 9.89 Å². The molecule has 1 aromatic carbocycles. The van der Waals surface area contributed by atoms with E-state index in [9.17, 15) is 4.79 Å². The molecule has 200 valence electrons. The van der Waals surface area contributed by atoms with Gasteiger partial charge in [-0.25, -0.2) is 4.98 Å². The van der Waals surface area contributed by atoms with Gasteiger partial charge in [0.05, 0.1) is 11.7 Å². The predicted molar refractivity (Wildman–Crippen MR) is 154 cm³/mol. The van der Waals surface area contributed by atoms with E-state index >= 15 is 0 Å². The monoisotopic (exact) mass is 515 g/mol. The lowest BCUT2D eigenvalue weighted by Crippen LogP contribution is -2.23. The van der Waals surface area contributed by atoms with Crippen LogP contribution in [-0.2, 0) is 0 Å². The van der Waals surface area contributed by atoms with Gasteiger partial charge in [-0.2, -0.15) is 10.1 Å². The van der Waals surface area contributed by atoms with E-state index in [2.05, 4.69) is 50.2 Å². The van der Waals surface area contributed by atoms with Crippen molar-refractivity contribution in [1.29, 1.82) is 0 Å². The van der Waals surface area contributed by atoms with Crippen LogP contribution in [-0.4, -0.2) is 44.4 Å². The topological polar surface area (TPSA) is 119 Å². The molecule has 9 heteroatoms. The van der Waals surface area contributed by atoms with Gasteiger partial charge in [0.1, 0.15) is 0 Å². The summed E-state index contributed by atoms with van der Waals surface area (Å²) in [7, 11) is 0. The van der Waals surface area contributed by atoms with Crippen LogP contribution < -0.4 is 16.2 Å². The van der Waals surface area contributed by atoms with Gasteiger partial charge in [0.2, 0.25) is 0 Å². The van der Waals surface area contributed by atoms with Crippen LogP contribution in [0.3, 0.4) is 0 Å². The number of anilines is 1. The number of hydrogen-bond donors (Lipinski definition) is 2. The van der Waals surface area contributed by atoms with Crippen molar-refractivity contribution in [3.05, 3.63) is 46.5 Å². The van der Waals surface area contributed by atoms with Gasteiger partial charge in [-0.05, 0) is 61.9 Å². The SMILES string of the molecule is CC.CC.Cc1c(-c2cnc3[nH]ncc3c2)ccc2c3oc(N4CC[C@H](CN)C4)nc3c(=O)n(C3CC3)c12. The van der Waals surface area contributed by atoms with Gasteiger partial charge in [-0.1, -0.05) is 33.8 Å². The Kier molecular flexibility index (Phi) is 7.21. The summed E-state index contributed by atoms with van der Waals surface area (Å²) in [5, 5.41) is 8.86. The molecule has 5 aromatic rings. The summed E-state index contributed by atoms with van der Waals surface area (Å²) in [6.07, 6.45) is 6.64. The second kappa shape index (κ2) is 10.6. The summed E-state index contributed by atoms with van der Waals surface area (Å²) < 4.78 is 8.22. The second-order valence-corrected chi connectivity index (χ2v) is 9.58. The molecule has 9 nitrogen and oxygen atoms in total. The van der Waals surface area contributed by atoms with Gasteiger partial charge < -0.3 is 19.6 Å². The largest absolute Gasteiger partial charge is 0.422 e. The first kappa shape index (κ1) is 25.9. The van der Waals surface area contributed by atoms with Crippen LogP contribution >= 0.6 is 0 Å². The number of rotatable bonds is 4. The summed E-state index contributed by atoms with van der Waals surface area (Å²) in [6.45, 7) is 12.4. The lowest BCUT2D eigenvalue weighted by molar-refractivity contribution is 0.570. The maximum atomic E-state index is 13.7. The average Bonchev–Trinajstić information content (AvgIpc) is 3.34. The molecule has 0 radical (unpaired) electrons. The Labute approximate surface area is 222 Å². The normalized spacial score (nSPS) is 17.0. The smallest absolute Gasteiger partial charge is 0.298 e. The van der Waals surface area contributed by atoms with Crippen molar-refractivity contribution in [1.82, 2.24) is 24.7 Å².